The third kappa shape index (κ3) is 4.45. The largest absolute Gasteiger partial charge is 0.346 e. The molecule has 1 aliphatic rings. The molecule has 0 bridgehead atoms. The zero-order chi connectivity index (χ0) is 23.5. The number of amides is 1. The third-order valence-electron chi connectivity index (χ3n) is 5.88. The molecule has 34 heavy (non-hydrogen) atoms. The van der Waals surface area contributed by atoms with E-state index < -0.39 is 10.0 Å². The first kappa shape index (κ1) is 21.9. The lowest BCUT2D eigenvalue weighted by Crippen LogP contribution is -2.23. The van der Waals surface area contributed by atoms with E-state index in [-0.39, 0.29) is 10.8 Å². The van der Waals surface area contributed by atoms with Gasteiger partial charge in [-0.3, -0.25) is 9.52 Å². The standard InChI is InChI=1S/C26H24N4O3S/c31-26(19-14-16-22(17-15-19)34(32,33)29-20-8-3-1-4-9-20)27-18-24-23-12-7-13-25(23)30(28-24)21-10-5-2-6-11-21/h1-6,8-11,14-17,29H,7,12-13,18H2,(H,27,31). The molecule has 0 fully saturated rings. The van der Waals surface area contributed by atoms with Crippen LogP contribution in [-0.4, -0.2) is 24.1 Å². The van der Waals surface area contributed by atoms with Crippen LogP contribution in [0.5, 0.6) is 0 Å². The highest BCUT2D eigenvalue weighted by Crippen LogP contribution is 2.27. The van der Waals surface area contributed by atoms with Gasteiger partial charge in [0.2, 0.25) is 0 Å². The van der Waals surface area contributed by atoms with Crippen LogP contribution in [0.4, 0.5) is 5.69 Å². The Labute approximate surface area is 198 Å². The van der Waals surface area contributed by atoms with E-state index in [4.69, 9.17) is 5.10 Å². The van der Waals surface area contributed by atoms with Crippen LogP contribution in [0.2, 0.25) is 0 Å². The van der Waals surface area contributed by atoms with Gasteiger partial charge in [0, 0.05) is 16.9 Å². The summed E-state index contributed by atoms with van der Waals surface area (Å²) in [4.78, 5) is 12.8. The van der Waals surface area contributed by atoms with Crippen molar-refractivity contribution in [3.8, 4) is 5.69 Å². The molecule has 172 valence electrons. The molecule has 1 heterocycles. The highest BCUT2D eigenvalue weighted by Gasteiger charge is 2.23. The molecule has 3 aromatic carbocycles. The second-order valence-electron chi connectivity index (χ2n) is 8.15. The van der Waals surface area contributed by atoms with Crippen molar-refractivity contribution in [2.24, 2.45) is 0 Å². The lowest BCUT2D eigenvalue weighted by Gasteiger charge is -2.09. The SMILES string of the molecule is O=C(NCc1nn(-c2ccccc2)c2c1CCC2)c1ccc(S(=O)(=O)Nc2ccccc2)cc1. The maximum absolute atomic E-state index is 12.7. The van der Waals surface area contributed by atoms with E-state index in [0.717, 1.165) is 30.6 Å². The van der Waals surface area contributed by atoms with Crippen molar-refractivity contribution in [3.05, 3.63) is 107 Å². The zero-order valence-corrected chi connectivity index (χ0v) is 19.3. The summed E-state index contributed by atoms with van der Waals surface area (Å²) < 4.78 is 29.7. The molecular formula is C26H24N4O3S. The van der Waals surface area contributed by atoms with Crippen molar-refractivity contribution in [1.29, 1.82) is 0 Å². The van der Waals surface area contributed by atoms with Gasteiger partial charge in [0.25, 0.3) is 15.9 Å². The Hall–Kier alpha value is -3.91. The van der Waals surface area contributed by atoms with Crippen LogP contribution >= 0.6 is 0 Å². The number of hydrogen-bond acceptors (Lipinski definition) is 4. The molecule has 8 heteroatoms. The number of benzene rings is 3. The number of hydrogen-bond donors (Lipinski definition) is 2. The first-order valence-electron chi connectivity index (χ1n) is 11.1. The molecule has 0 aliphatic heterocycles. The molecule has 7 nitrogen and oxygen atoms in total. The predicted molar refractivity (Wildman–Crippen MR) is 130 cm³/mol. The number of rotatable bonds is 7. The molecule has 0 unspecified atom stereocenters. The van der Waals surface area contributed by atoms with Gasteiger partial charge in [0.1, 0.15) is 0 Å². The first-order valence-corrected chi connectivity index (χ1v) is 12.6. The number of aromatic nitrogens is 2. The summed E-state index contributed by atoms with van der Waals surface area (Å²) in [7, 11) is -3.74. The first-order chi connectivity index (χ1) is 16.5. The molecule has 1 aliphatic carbocycles. The minimum absolute atomic E-state index is 0.0901. The van der Waals surface area contributed by atoms with Gasteiger partial charge in [-0.25, -0.2) is 13.1 Å². The average Bonchev–Trinajstić information content (AvgIpc) is 3.47. The van der Waals surface area contributed by atoms with Crippen LogP contribution < -0.4 is 10.0 Å². The molecule has 0 saturated carbocycles. The van der Waals surface area contributed by atoms with Crippen LogP contribution in [0.25, 0.3) is 5.69 Å². The van der Waals surface area contributed by atoms with Gasteiger partial charge < -0.3 is 5.32 Å². The summed E-state index contributed by atoms with van der Waals surface area (Å²) in [6.45, 7) is 0.316. The summed E-state index contributed by atoms with van der Waals surface area (Å²) in [6.07, 6.45) is 3.00. The Morgan fingerprint density at radius 3 is 2.26 bits per heavy atom. The number of nitrogens with zero attached hydrogens (tertiary/aromatic N) is 2. The number of carbonyl (C=O) groups is 1. The lowest BCUT2D eigenvalue weighted by molar-refractivity contribution is 0.0950. The topological polar surface area (TPSA) is 93.1 Å². The molecule has 0 atom stereocenters. The van der Waals surface area contributed by atoms with Gasteiger partial charge in [0.15, 0.2) is 0 Å². The molecule has 5 rings (SSSR count). The van der Waals surface area contributed by atoms with Crippen molar-refractivity contribution in [2.45, 2.75) is 30.7 Å². The van der Waals surface area contributed by atoms with Gasteiger partial charge in [0.05, 0.1) is 22.8 Å². The summed E-state index contributed by atoms with van der Waals surface area (Å²) in [5.74, 6) is -0.277. The summed E-state index contributed by atoms with van der Waals surface area (Å²) in [5.41, 5.74) is 5.16. The van der Waals surface area contributed by atoms with Gasteiger partial charge in [-0.2, -0.15) is 5.10 Å². The van der Waals surface area contributed by atoms with Crippen molar-refractivity contribution in [2.75, 3.05) is 4.72 Å². The second-order valence-corrected chi connectivity index (χ2v) is 9.83. The summed E-state index contributed by atoms with van der Waals surface area (Å²) in [6, 6.07) is 24.6. The molecule has 0 radical (unpaired) electrons. The number of nitrogens with one attached hydrogen (secondary N) is 2. The highest BCUT2D eigenvalue weighted by atomic mass is 32.2. The number of sulfonamides is 1. The summed E-state index contributed by atoms with van der Waals surface area (Å²) in [5, 5.41) is 7.70. The van der Waals surface area contributed by atoms with E-state index in [0.29, 0.717) is 17.8 Å². The van der Waals surface area contributed by atoms with Gasteiger partial charge in [-0.1, -0.05) is 36.4 Å². The van der Waals surface area contributed by atoms with E-state index in [1.165, 1.54) is 35.5 Å². The van der Waals surface area contributed by atoms with Crippen LogP contribution in [-0.2, 0) is 29.4 Å². The van der Waals surface area contributed by atoms with Crippen LogP contribution in [0, 0.1) is 0 Å². The molecule has 2 N–H and O–H groups in total. The van der Waals surface area contributed by atoms with Crippen LogP contribution in [0.1, 0.15) is 33.7 Å². The fourth-order valence-electron chi connectivity index (χ4n) is 4.21. The van der Waals surface area contributed by atoms with Gasteiger partial charge >= 0.3 is 0 Å². The molecule has 0 saturated heterocycles. The van der Waals surface area contributed by atoms with Crippen molar-refractivity contribution in [3.63, 3.8) is 0 Å². The maximum atomic E-state index is 12.7. The maximum Gasteiger partial charge on any atom is 0.261 e. The Bertz CT molecular complexity index is 1410. The van der Waals surface area contributed by atoms with Gasteiger partial charge in [-0.05, 0) is 73.4 Å². The smallest absolute Gasteiger partial charge is 0.261 e. The lowest BCUT2D eigenvalue weighted by atomic mass is 10.2. The normalized spacial score (nSPS) is 12.8. The van der Waals surface area contributed by atoms with E-state index in [9.17, 15) is 13.2 Å². The Morgan fingerprint density at radius 2 is 1.56 bits per heavy atom. The minimum atomic E-state index is -3.74. The van der Waals surface area contributed by atoms with Crippen molar-refractivity contribution in [1.82, 2.24) is 15.1 Å². The number of fused-ring (bicyclic) bond motifs is 1. The van der Waals surface area contributed by atoms with E-state index >= 15 is 0 Å². The molecule has 1 aromatic heterocycles. The van der Waals surface area contributed by atoms with E-state index in [2.05, 4.69) is 10.0 Å². The summed E-state index contributed by atoms with van der Waals surface area (Å²) >= 11 is 0. The molecular weight excluding hydrogens is 448 g/mol. The number of para-hydroxylation sites is 2. The van der Waals surface area contributed by atoms with E-state index in [1.54, 1.807) is 24.3 Å². The van der Waals surface area contributed by atoms with Gasteiger partial charge in [-0.15, -0.1) is 0 Å². The number of anilines is 1. The fourth-order valence-corrected chi connectivity index (χ4v) is 5.27. The van der Waals surface area contributed by atoms with Crippen LogP contribution in [0.15, 0.2) is 89.8 Å². The minimum Gasteiger partial charge on any atom is -0.346 e. The third-order valence-corrected chi connectivity index (χ3v) is 7.28. The highest BCUT2D eigenvalue weighted by molar-refractivity contribution is 7.92. The Morgan fingerprint density at radius 1 is 0.882 bits per heavy atom. The zero-order valence-electron chi connectivity index (χ0n) is 18.4. The Kier molecular flexibility index (Phi) is 5.90. The van der Waals surface area contributed by atoms with Crippen molar-refractivity contribution < 1.29 is 13.2 Å². The molecule has 1 amide bonds. The second kappa shape index (κ2) is 9.15. The Balaban J connectivity index is 1.28. The average molecular weight is 473 g/mol. The molecule has 0 spiro atoms. The fraction of sp³-hybridized carbons (Fsp3) is 0.154. The number of carbonyl (C=O) groups excluding carboxylic acids is 1. The van der Waals surface area contributed by atoms with E-state index in [1.807, 2.05) is 41.1 Å². The quantitative estimate of drug-likeness (QED) is 0.424. The van der Waals surface area contributed by atoms with Crippen molar-refractivity contribution >= 4 is 21.6 Å². The molecule has 4 aromatic rings. The monoisotopic (exact) mass is 472 g/mol. The predicted octanol–water partition coefficient (Wildman–Crippen LogP) is 4.09. The van der Waals surface area contributed by atoms with Crippen LogP contribution in [0.3, 0.4) is 0 Å².